The second-order valence-corrected chi connectivity index (χ2v) is 8.80. The molecule has 0 bridgehead atoms. The van der Waals surface area contributed by atoms with E-state index in [0.717, 1.165) is 24.8 Å². The highest BCUT2D eigenvalue weighted by atomic mass is 127. The van der Waals surface area contributed by atoms with E-state index in [-0.39, 0.29) is 29.4 Å². The summed E-state index contributed by atoms with van der Waals surface area (Å²) in [6.07, 6.45) is 5.85. The van der Waals surface area contributed by atoms with Crippen molar-refractivity contribution in [2.45, 2.75) is 65.1 Å². The number of guanidine groups is 1. The number of likely N-dealkylation sites (tertiary alicyclic amines) is 1. The molecule has 6 nitrogen and oxygen atoms in total. The predicted molar refractivity (Wildman–Crippen MR) is 133 cm³/mol. The van der Waals surface area contributed by atoms with Gasteiger partial charge in [-0.3, -0.25) is 9.89 Å². The molecule has 0 unspecified atom stereocenters. The molecule has 1 saturated heterocycles. The normalized spacial score (nSPS) is 15.5. The zero-order valence-corrected chi connectivity index (χ0v) is 21.0. The van der Waals surface area contributed by atoms with E-state index in [1.54, 1.807) is 13.2 Å². The number of halogens is 1. The van der Waals surface area contributed by atoms with Crippen molar-refractivity contribution < 1.29 is 4.42 Å². The van der Waals surface area contributed by atoms with Crippen LogP contribution in [0.1, 0.15) is 62.8 Å². The number of hydrogen-bond donors (Lipinski definition) is 2. The van der Waals surface area contributed by atoms with Gasteiger partial charge in [0.15, 0.2) is 5.96 Å². The molecule has 1 aromatic heterocycles. The van der Waals surface area contributed by atoms with E-state index in [9.17, 15) is 0 Å². The number of nitrogens with zero attached hydrogens (tertiary/aromatic N) is 3. The van der Waals surface area contributed by atoms with Crippen LogP contribution < -0.4 is 10.6 Å². The van der Waals surface area contributed by atoms with Crippen LogP contribution in [0.5, 0.6) is 0 Å². The van der Waals surface area contributed by atoms with E-state index in [4.69, 9.17) is 4.42 Å². The maximum absolute atomic E-state index is 5.82. The van der Waals surface area contributed by atoms with Crippen LogP contribution >= 0.6 is 24.0 Å². The molecule has 0 amide bonds. The summed E-state index contributed by atoms with van der Waals surface area (Å²) in [6, 6.07) is 8.87. The highest BCUT2D eigenvalue weighted by Crippen LogP contribution is 2.22. The van der Waals surface area contributed by atoms with Crippen molar-refractivity contribution in [2.24, 2.45) is 4.99 Å². The van der Waals surface area contributed by atoms with Crippen molar-refractivity contribution in [3.05, 3.63) is 53.2 Å². The fraction of sp³-hybridized carbons (Fsp3) is 0.565. The lowest BCUT2D eigenvalue weighted by atomic mass is 9.94. The smallest absolute Gasteiger partial charge is 0.213 e. The molecule has 30 heavy (non-hydrogen) atoms. The largest absolute Gasteiger partial charge is 0.443 e. The third-order valence-electron chi connectivity index (χ3n) is 5.26. The van der Waals surface area contributed by atoms with Crippen LogP contribution in [0.3, 0.4) is 0 Å². The molecule has 2 heterocycles. The summed E-state index contributed by atoms with van der Waals surface area (Å²) in [6.45, 7) is 11.1. The summed E-state index contributed by atoms with van der Waals surface area (Å²) in [7, 11) is 1.77. The minimum absolute atomic E-state index is 0. The van der Waals surface area contributed by atoms with Gasteiger partial charge in [-0.15, -0.1) is 24.0 Å². The molecule has 1 aliphatic heterocycles. The van der Waals surface area contributed by atoms with Crippen LogP contribution in [0.25, 0.3) is 0 Å². The summed E-state index contributed by atoms with van der Waals surface area (Å²) in [5.74, 6) is 2.29. The van der Waals surface area contributed by atoms with E-state index >= 15 is 0 Å². The number of piperidine rings is 1. The molecule has 166 valence electrons. The highest BCUT2D eigenvalue weighted by molar-refractivity contribution is 14.0. The van der Waals surface area contributed by atoms with Crippen LogP contribution in [-0.2, 0) is 25.0 Å². The Morgan fingerprint density at radius 2 is 1.67 bits per heavy atom. The third kappa shape index (κ3) is 7.58. The van der Waals surface area contributed by atoms with Crippen molar-refractivity contribution in [2.75, 3.05) is 20.1 Å². The van der Waals surface area contributed by atoms with Gasteiger partial charge in [0.05, 0.1) is 12.7 Å². The Balaban J connectivity index is 0.00000320. The van der Waals surface area contributed by atoms with Crippen molar-refractivity contribution in [1.82, 2.24) is 20.5 Å². The summed E-state index contributed by atoms with van der Waals surface area (Å²) in [5.41, 5.74) is 2.59. The molecule has 0 saturated carbocycles. The first-order chi connectivity index (χ1) is 13.9. The van der Waals surface area contributed by atoms with Crippen molar-refractivity contribution in [3.63, 3.8) is 0 Å². The van der Waals surface area contributed by atoms with Crippen LogP contribution in [0.4, 0.5) is 0 Å². The van der Waals surface area contributed by atoms with E-state index in [2.05, 4.69) is 70.5 Å². The zero-order valence-electron chi connectivity index (χ0n) is 18.7. The summed E-state index contributed by atoms with van der Waals surface area (Å²) >= 11 is 0. The second kappa shape index (κ2) is 11.7. The fourth-order valence-electron chi connectivity index (χ4n) is 3.44. The molecule has 2 N–H and O–H groups in total. The summed E-state index contributed by atoms with van der Waals surface area (Å²) in [5, 5.41) is 6.62. The maximum Gasteiger partial charge on any atom is 0.213 e. The topological polar surface area (TPSA) is 65.7 Å². The van der Waals surface area contributed by atoms with Gasteiger partial charge in [0, 0.05) is 25.6 Å². The minimum atomic E-state index is -0.0364. The lowest BCUT2D eigenvalue weighted by Gasteiger charge is -2.26. The third-order valence-corrected chi connectivity index (χ3v) is 5.26. The number of oxazole rings is 1. The Bertz CT molecular complexity index is 789. The number of aromatic nitrogens is 1. The van der Waals surface area contributed by atoms with Crippen LogP contribution in [-0.4, -0.2) is 36.0 Å². The van der Waals surface area contributed by atoms with Gasteiger partial charge < -0.3 is 15.1 Å². The summed E-state index contributed by atoms with van der Waals surface area (Å²) in [4.78, 5) is 11.2. The average molecular weight is 525 g/mol. The van der Waals surface area contributed by atoms with Crippen molar-refractivity contribution in [1.29, 1.82) is 0 Å². The molecule has 0 spiro atoms. The van der Waals surface area contributed by atoms with Crippen LogP contribution in [0.2, 0.25) is 0 Å². The molecule has 0 atom stereocenters. The van der Waals surface area contributed by atoms with E-state index in [1.807, 2.05) is 0 Å². The molecule has 3 rings (SSSR count). The van der Waals surface area contributed by atoms with Gasteiger partial charge in [-0.2, -0.15) is 0 Å². The van der Waals surface area contributed by atoms with Gasteiger partial charge >= 0.3 is 0 Å². The quantitative estimate of drug-likeness (QED) is 0.332. The highest BCUT2D eigenvalue weighted by Gasteiger charge is 2.19. The Morgan fingerprint density at radius 3 is 2.27 bits per heavy atom. The molecular formula is C23H36IN5O. The Morgan fingerprint density at radius 1 is 1.03 bits per heavy atom. The fourth-order valence-corrected chi connectivity index (χ4v) is 3.44. The first kappa shape index (κ1) is 24.7. The van der Waals surface area contributed by atoms with E-state index < -0.39 is 0 Å². The molecule has 2 aromatic rings. The van der Waals surface area contributed by atoms with Gasteiger partial charge in [-0.25, -0.2) is 4.98 Å². The number of aliphatic imine (C=N–C) groups is 1. The number of rotatable bonds is 6. The predicted octanol–water partition coefficient (Wildman–Crippen LogP) is 4.44. The van der Waals surface area contributed by atoms with E-state index in [0.29, 0.717) is 12.4 Å². The molecule has 0 radical (unpaired) electrons. The molecule has 1 aromatic carbocycles. The monoisotopic (exact) mass is 525 g/mol. The van der Waals surface area contributed by atoms with Gasteiger partial charge in [-0.05, 0) is 37.1 Å². The van der Waals surface area contributed by atoms with Crippen molar-refractivity contribution in [3.8, 4) is 0 Å². The molecule has 7 heteroatoms. The van der Waals surface area contributed by atoms with Gasteiger partial charge in [0.2, 0.25) is 5.89 Å². The Kier molecular flexibility index (Phi) is 9.61. The van der Waals surface area contributed by atoms with E-state index in [1.165, 1.54) is 43.5 Å². The number of benzene rings is 1. The first-order valence-corrected chi connectivity index (χ1v) is 10.6. The SMILES string of the molecule is CN=C(NCc1ccc(CN2CCCCC2)cc1)NCc1ncc(C(C)(C)C)o1.I. The molecule has 1 aliphatic rings. The van der Waals surface area contributed by atoms with Crippen molar-refractivity contribution >= 4 is 29.9 Å². The van der Waals surface area contributed by atoms with Gasteiger partial charge in [-0.1, -0.05) is 51.5 Å². The summed E-state index contributed by atoms with van der Waals surface area (Å²) < 4.78 is 5.82. The maximum atomic E-state index is 5.82. The second-order valence-electron chi connectivity index (χ2n) is 8.80. The molecular weight excluding hydrogens is 489 g/mol. The first-order valence-electron chi connectivity index (χ1n) is 10.6. The minimum Gasteiger partial charge on any atom is -0.443 e. The number of hydrogen-bond acceptors (Lipinski definition) is 4. The Hall–Kier alpha value is -1.61. The number of nitrogens with one attached hydrogen (secondary N) is 2. The lowest BCUT2D eigenvalue weighted by Crippen LogP contribution is -2.36. The van der Waals surface area contributed by atoms with Gasteiger partial charge in [0.25, 0.3) is 0 Å². The van der Waals surface area contributed by atoms with Gasteiger partial charge in [0.1, 0.15) is 5.76 Å². The standard InChI is InChI=1S/C23H35N5O.HI/c1-23(2,3)20-15-25-21(29-20)16-27-22(24-4)26-14-18-8-10-19(11-9-18)17-28-12-6-5-7-13-28;/h8-11,15H,5-7,12-14,16-17H2,1-4H3,(H2,24,26,27);1H. The lowest BCUT2D eigenvalue weighted by molar-refractivity contribution is 0.221. The Labute approximate surface area is 198 Å². The molecule has 1 fully saturated rings. The average Bonchev–Trinajstić information content (AvgIpc) is 3.20. The van der Waals surface area contributed by atoms with Crippen LogP contribution in [0.15, 0.2) is 39.9 Å². The zero-order chi connectivity index (χ0) is 20.7. The van der Waals surface area contributed by atoms with Crippen LogP contribution in [0, 0.1) is 0 Å². The molecule has 0 aliphatic carbocycles.